The Balaban J connectivity index is 1.78. The maximum atomic E-state index is 5.78. The molecule has 0 aliphatic heterocycles. The highest BCUT2D eigenvalue weighted by Crippen LogP contribution is 2.30. The number of benzene rings is 1. The molecule has 2 aromatic heterocycles. The largest absolute Gasteiger partial charge is 0.489 e. The van der Waals surface area contributed by atoms with Crippen LogP contribution >= 0.6 is 11.3 Å². The van der Waals surface area contributed by atoms with Gasteiger partial charge in [-0.3, -0.25) is 0 Å². The second-order valence-corrected chi connectivity index (χ2v) is 5.42. The number of nitrogens with one attached hydrogen (secondary N) is 1. The van der Waals surface area contributed by atoms with Crippen LogP contribution in [0.15, 0.2) is 42.0 Å². The molecule has 0 amide bonds. The van der Waals surface area contributed by atoms with Crippen LogP contribution < -0.4 is 10.1 Å². The zero-order chi connectivity index (χ0) is 15.2. The molecular formula is C16H17N3O2S. The molecule has 3 aromatic rings. The van der Waals surface area contributed by atoms with Crippen molar-refractivity contribution in [1.82, 2.24) is 9.97 Å². The summed E-state index contributed by atoms with van der Waals surface area (Å²) < 4.78 is 11.1. The molecule has 0 saturated heterocycles. The fourth-order valence-electron chi connectivity index (χ4n) is 2.07. The minimum absolute atomic E-state index is 0.518. The fraction of sp³-hybridized carbons (Fsp3) is 0.250. The molecule has 22 heavy (non-hydrogen) atoms. The number of hydrogen-bond donors (Lipinski definition) is 1. The number of ether oxygens (including phenoxy) is 2. The molecule has 3 rings (SSSR count). The van der Waals surface area contributed by atoms with Crippen molar-refractivity contribution in [3.8, 4) is 5.75 Å². The van der Waals surface area contributed by atoms with Crippen molar-refractivity contribution in [3.63, 3.8) is 0 Å². The molecule has 0 bridgehead atoms. The number of hydrogen-bond acceptors (Lipinski definition) is 6. The number of rotatable bonds is 7. The average molecular weight is 315 g/mol. The average Bonchev–Trinajstić information content (AvgIpc) is 3.03. The van der Waals surface area contributed by atoms with Gasteiger partial charge in [0.05, 0.1) is 17.7 Å². The van der Waals surface area contributed by atoms with Gasteiger partial charge in [0, 0.05) is 6.61 Å². The first kappa shape index (κ1) is 14.7. The first-order chi connectivity index (χ1) is 10.9. The van der Waals surface area contributed by atoms with E-state index in [1.54, 1.807) is 17.7 Å². The first-order valence-electron chi connectivity index (χ1n) is 7.13. The summed E-state index contributed by atoms with van der Waals surface area (Å²) in [5, 5.41) is 6.35. The zero-order valence-corrected chi connectivity index (χ0v) is 13.1. The van der Waals surface area contributed by atoms with Gasteiger partial charge in [-0.25, -0.2) is 9.97 Å². The summed E-state index contributed by atoms with van der Waals surface area (Å²) in [5.74, 6) is 1.57. The minimum atomic E-state index is 0.518. The number of aromatic nitrogens is 2. The van der Waals surface area contributed by atoms with E-state index >= 15 is 0 Å². The Hall–Kier alpha value is -2.18. The number of fused-ring (bicyclic) bond motifs is 1. The van der Waals surface area contributed by atoms with E-state index < -0.39 is 0 Å². The van der Waals surface area contributed by atoms with Crippen molar-refractivity contribution in [2.24, 2.45) is 0 Å². The predicted molar refractivity (Wildman–Crippen MR) is 89.1 cm³/mol. The van der Waals surface area contributed by atoms with Crippen LogP contribution in [0, 0.1) is 0 Å². The molecular weight excluding hydrogens is 298 g/mol. The Morgan fingerprint density at radius 3 is 2.95 bits per heavy atom. The van der Waals surface area contributed by atoms with Crippen molar-refractivity contribution < 1.29 is 9.47 Å². The van der Waals surface area contributed by atoms with E-state index in [-0.39, 0.29) is 0 Å². The minimum Gasteiger partial charge on any atom is -0.489 e. The van der Waals surface area contributed by atoms with Crippen LogP contribution in [0.1, 0.15) is 6.92 Å². The Morgan fingerprint density at radius 1 is 1.14 bits per heavy atom. The molecule has 5 nitrogen and oxygen atoms in total. The second-order valence-electron chi connectivity index (χ2n) is 4.53. The van der Waals surface area contributed by atoms with Gasteiger partial charge in [-0.05, 0) is 30.5 Å². The third-order valence-electron chi connectivity index (χ3n) is 3.09. The number of para-hydroxylation sites is 2. The molecule has 114 valence electrons. The molecule has 0 atom stereocenters. The van der Waals surface area contributed by atoms with Crippen molar-refractivity contribution in [1.29, 1.82) is 0 Å². The van der Waals surface area contributed by atoms with Gasteiger partial charge < -0.3 is 14.8 Å². The van der Waals surface area contributed by atoms with Crippen LogP contribution in [0.3, 0.4) is 0 Å². The summed E-state index contributed by atoms with van der Waals surface area (Å²) >= 11 is 1.60. The van der Waals surface area contributed by atoms with Crippen molar-refractivity contribution in [3.05, 3.63) is 42.0 Å². The van der Waals surface area contributed by atoms with Gasteiger partial charge in [0.2, 0.25) is 0 Å². The summed E-state index contributed by atoms with van der Waals surface area (Å²) in [4.78, 5) is 9.55. The van der Waals surface area contributed by atoms with E-state index in [9.17, 15) is 0 Å². The van der Waals surface area contributed by atoms with Gasteiger partial charge in [-0.1, -0.05) is 12.1 Å². The number of anilines is 2. The molecule has 0 aliphatic carbocycles. The van der Waals surface area contributed by atoms with E-state index in [1.807, 2.05) is 42.6 Å². The first-order valence-corrected chi connectivity index (χ1v) is 8.01. The molecule has 0 fully saturated rings. The van der Waals surface area contributed by atoms with Gasteiger partial charge in [0.15, 0.2) is 0 Å². The van der Waals surface area contributed by atoms with Crippen LogP contribution in [0.4, 0.5) is 11.5 Å². The Labute approximate surface area is 132 Å². The monoisotopic (exact) mass is 315 g/mol. The second kappa shape index (κ2) is 7.20. The van der Waals surface area contributed by atoms with Crippen LogP contribution in [0.5, 0.6) is 5.75 Å². The molecule has 6 heteroatoms. The number of nitrogens with zero attached hydrogens (tertiary/aromatic N) is 2. The van der Waals surface area contributed by atoms with Crippen molar-refractivity contribution in [2.45, 2.75) is 6.92 Å². The van der Waals surface area contributed by atoms with E-state index in [1.165, 1.54) is 0 Å². The standard InChI is InChI=1S/C16H17N3O2S/c1-2-20-8-9-21-14-6-4-3-5-13(14)19-15-12-7-10-22-16(12)18-11-17-15/h3-7,10-11H,2,8-9H2,1H3,(H,17,18,19). The van der Waals surface area contributed by atoms with E-state index in [0.29, 0.717) is 19.8 Å². The summed E-state index contributed by atoms with van der Waals surface area (Å²) in [6, 6.07) is 9.82. The smallest absolute Gasteiger partial charge is 0.142 e. The molecule has 0 spiro atoms. The quantitative estimate of drug-likeness (QED) is 0.671. The summed E-state index contributed by atoms with van der Waals surface area (Å²) in [7, 11) is 0. The Morgan fingerprint density at radius 2 is 2.05 bits per heavy atom. The van der Waals surface area contributed by atoms with Gasteiger partial charge in [0.25, 0.3) is 0 Å². The lowest BCUT2D eigenvalue weighted by Gasteiger charge is -2.13. The lowest BCUT2D eigenvalue weighted by molar-refractivity contribution is 0.110. The van der Waals surface area contributed by atoms with E-state index in [2.05, 4.69) is 15.3 Å². The summed E-state index contributed by atoms with van der Waals surface area (Å²) in [5.41, 5.74) is 0.880. The van der Waals surface area contributed by atoms with Crippen LogP contribution in [0.2, 0.25) is 0 Å². The lowest BCUT2D eigenvalue weighted by Crippen LogP contribution is -2.07. The maximum absolute atomic E-state index is 5.78. The maximum Gasteiger partial charge on any atom is 0.142 e. The zero-order valence-electron chi connectivity index (χ0n) is 12.3. The highest BCUT2D eigenvalue weighted by atomic mass is 32.1. The van der Waals surface area contributed by atoms with Gasteiger partial charge in [0.1, 0.15) is 29.3 Å². The highest BCUT2D eigenvalue weighted by Gasteiger charge is 2.08. The number of thiophene rings is 1. The Kier molecular flexibility index (Phi) is 4.82. The van der Waals surface area contributed by atoms with Gasteiger partial charge in [-0.15, -0.1) is 11.3 Å². The lowest BCUT2D eigenvalue weighted by atomic mass is 10.3. The molecule has 0 radical (unpaired) electrons. The van der Waals surface area contributed by atoms with Crippen LogP contribution in [-0.2, 0) is 4.74 Å². The van der Waals surface area contributed by atoms with Crippen molar-refractivity contribution >= 4 is 33.1 Å². The van der Waals surface area contributed by atoms with E-state index in [0.717, 1.165) is 27.5 Å². The Bertz CT molecular complexity index is 745. The molecule has 0 unspecified atom stereocenters. The molecule has 0 saturated carbocycles. The highest BCUT2D eigenvalue weighted by molar-refractivity contribution is 7.16. The molecule has 1 N–H and O–H groups in total. The SMILES string of the molecule is CCOCCOc1ccccc1Nc1ncnc2sccc12. The summed E-state index contributed by atoms with van der Waals surface area (Å²) in [6.07, 6.45) is 1.57. The molecule has 2 heterocycles. The van der Waals surface area contributed by atoms with Gasteiger partial charge in [-0.2, -0.15) is 0 Å². The summed E-state index contributed by atoms with van der Waals surface area (Å²) in [6.45, 7) is 3.76. The third kappa shape index (κ3) is 3.35. The van der Waals surface area contributed by atoms with Crippen LogP contribution in [0.25, 0.3) is 10.2 Å². The van der Waals surface area contributed by atoms with Crippen LogP contribution in [-0.4, -0.2) is 29.8 Å². The normalized spacial score (nSPS) is 10.8. The van der Waals surface area contributed by atoms with Gasteiger partial charge >= 0.3 is 0 Å². The molecule has 0 aliphatic rings. The topological polar surface area (TPSA) is 56.3 Å². The molecule has 1 aromatic carbocycles. The predicted octanol–water partition coefficient (Wildman–Crippen LogP) is 3.85. The fourth-order valence-corrected chi connectivity index (χ4v) is 2.80. The van der Waals surface area contributed by atoms with Crippen molar-refractivity contribution in [2.75, 3.05) is 25.1 Å². The van der Waals surface area contributed by atoms with E-state index in [4.69, 9.17) is 9.47 Å². The third-order valence-corrected chi connectivity index (χ3v) is 3.91.